The number of fused-ring (bicyclic) bond motifs is 2. The summed E-state index contributed by atoms with van der Waals surface area (Å²) in [5, 5.41) is 11.6. The number of halogens is 1. The molecule has 4 aromatic rings. The summed E-state index contributed by atoms with van der Waals surface area (Å²) in [5.41, 5.74) is 6.37. The van der Waals surface area contributed by atoms with Crippen LogP contribution in [0.1, 0.15) is 16.8 Å². The molecular formula is C25H24FN3O6S. The lowest BCUT2D eigenvalue weighted by atomic mass is 10.1. The van der Waals surface area contributed by atoms with Gasteiger partial charge in [0.1, 0.15) is 11.4 Å². The van der Waals surface area contributed by atoms with Gasteiger partial charge in [-0.3, -0.25) is 9.35 Å². The molecule has 11 heteroatoms. The molecule has 2 heterocycles. The number of benzene rings is 3. The highest BCUT2D eigenvalue weighted by Gasteiger charge is 2.24. The van der Waals surface area contributed by atoms with Crippen LogP contribution in [-0.2, 0) is 10.1 Å². The Morgan fingerprint density at radius 1 is 1.11 bits per heavy atom. The number of pyridine rings is 1. The van der Waals surface area contributed by atoms with Crippen LogP contribution >= 0.6 is 0 Å². The van der Waals surface area contributed by atoms with Crippen LogP contribution in [-0.4, -0.2) is 54.0 Å². The van der Waals surface area contributed by atoms with Gasteiger partial charge in [-0.1, -0.05) is 30.3 Å². The van der Waals surface area contributed by atoms with E-state index in [0.717, 1.165) is 23.3 Å². The van der Waals surface area contributed by atoms with E-state index in [1.165, 1.54) is 6.20 Å². The van der Waals surface area contributed by atoms with E-state index in [1.54, 1.807) is 10.6 Å². The molecule has 0 aliphatic carbocycles. The first-order valence-corrected chi connectivity index (χ1v) is 12.8. The lowest BCUT2D eigenvalue weighted by molar-refractivity contribution is 0.0695. The highest BCUT2D eigenvalue weighted by Crippen LogP contribution is 2.30. The summed E-state index contributed by atoms with van der Waals surface area (Å²) < 4.78 is 42.5. The Balaban J connectivity index is 0.000000556. The van der Waals surface area contributed by atoms with Gasteiger partial charge in [-0.25, -0.2) is 9.18 Å². The third-order valence-electron chi connectivity index (χ3n) is 5.88. The van der Waals surface area contributed by atoms with Gasteiger partial charge in [-0.05, 0) is 41.5 Å². The summed E-state index contributed by atoms with van der Waals surface area (Å²) in [6, 6.07) is 16.2. The first-order valence-electron chi connectivity index (χ1n) is 11.0. The van der Waals surface area contributed by atoms with E-state index in [1.807, 2.05) is 47.4 Å². The summed E-state index contributed by atoms with van der Waals surface area (Å²) in [6.45, 7) is 1.15. The van der Waals surface area contributed by atoms with Crippen molar-refractivity contribution in [3.8, 4) is 5.69 Å². The molecule has 36 heavy (non-hydrogen) atoms. The van der Waals surface area contributed by atoms with Crippen molar-refractivity contribution in [2.24, 2.45) is 5.73 Å². The monoisotopic (exact) mass is 513 g/mol. The van der Waals surface area contributed by atoms with Crippen LogP contribution in [0.2, 0.25) is 0 Å². The van der Waals surface area contributed by atoms with Crippen LogP contribution < -0.4 is 16.1 Å². The molecule has 9 nitrogen and oxygen atoms in total. The lowest BCUT2D eigenvalue weighted by Gasteiger charge is -2.21. The third kappa shape index (κ3) is 5.38. The maximum Gasteiger partial charge on any atom is 0.341 e. The number of aromatic nitrogens is 1. The van der Waals surface area contributed by atoms with Crippen LogP contribution in [0.5, 0.6) is 0 Å². The Labute approximate surface area is 205 Å². The summed E-state index contributed by atoms with van der Waals surface area (Å²) in [4.78, 5) is 26.4. The normalized spacial score (nSPS) is 15.7. The van der Waals surface area contributed by atoms with Crippen LogP contribution in [0, 0.1) is 5.82 Å². The molecular weight excluding hydrogens is 489 g/mol. The molecule has 0 saturated carbocycles. The van der Waals surface area contributed by atoms with Gasteiger partial charge in [0.25, 0.3) is 10.1 Å². The SMILES string of the molecule is CS(=O)(=O)O.N[C@H]1CCN(c2cc3c(cc2F)c(=O)c(C(=O)O)cn3-c2ccc3ccccc3c2)C1. The second-order valence-electron chi connectivity index (χ2n) is 8.63. The number of aromatic carboxylic acids is 1. The third-order valence-corrected chi connectivity index (χ3v) is 5.88. The van der Waals surface area contributed by atoms with E-state index in [-0.39, 0.29) is 11.4 Å². The fourth-order valence-electron chi connectivity index (χ4n) is 4.28. The van der Waals surface area contributed by atoms with E-state index < -0.39 is 32.9 Å². The number of hydrogen-bond donors (Lipinski definition) is 3. The molecule has 0 unspecified atom stereocenters. The molecule has 1 fully saturated rings. The van der Waals surface area contributed by atoms with Gasteiger partial charge in [-0.15, -0.1) is 0 Å². The highest BCUT2D eigenvalue weighted by atomic mass is 32.2. The van der Waals surface area contributed by atoms with E-state index in [4.69, 9.17) is 10.3 Å². The number of carboxylic acid groups (broad SMARTS) is 1. The standard InChI is InChI=1S/C24H20FN3O3.CH4O3S/c25-20-10-18-21(11-22(20)27-8-7-16(26)12-27)28(13-19(23(18)29)24(30)31)17-6-5-14-3-1-2-4-15(14)9-17;1-5(2,3)4/h1-6,9-11,13,16H,7-8,12,26H2,(H,30,31);1H3,(H,2,3,4)/t16-;/m0./s1. The first kappa shape index (κ1) is 25.3. The molecule has 1 atom stereocenters. The van der Waals surface area contributed by atoms with Crippen molar-refractivity contribution in [3.05, 3.63) is 82.4 Å². The maximum atomic E-state index is 15.0. The molecule has 1 aromatic heterocycles. The van der Waals surface area contributed by atoms with Crippen molar-refractivity contribution >= 4 is 43.5 Å². The van der Waals surface area contributed by atoms with E-state index in [2.05, 4.69) is 0 Å². The zero-order valence-corrected chi connectivity index (χ0v) is 20.1. The number of carboxylic acids is 1. The molecule has 4 N–H and O–H groups in total. The van der Waals surface area contributed by atoms with Gasteiger partial charge < -0.3 is 20.3 Å². The minimum atomic E-state index is -3.67. The predicted octanol–water partition coefficient (Wildman–Crippen LogP) is 3.02. The molecule has 0 radical (unpaired) electrons. The number of rotatable bonds is 3. The van der Waals surface area contributed by atoms with Crippen molar-refractivity contribution < 1.29 is 27.3 Å². The second kappa shape index (κ2) is 9.69. The van der Waals surface area contributed by atoms with Crippen LogP contribution in [0.15, 0.2) is 65.6 Å². The summed E-state index contributed by atoms with van der Waals surface area (Å²) >= 11 is 0. The molecule has 1 aliphatic heterocycles. The smallest absolute Gasteiger partial charge is 0.341 e. The van der Waals surface area contributed by atoms with Gasteiger partial charge in [0.05, 0.1) is 17.5 Å². The molecule has 188 valence electrons. The zero-order valence-electron chi connectivity index (χ0n) is 19.3. The first-order chi connectivity index (χ1) is 16.9. The molecule has 0 bridgehead atoms. The van der Waals surface area contributed by atoms with E-state index in [9.17, 15) is 27.5 Å². The molecule has 1 aliphatic rings. The molecule has 0 amide bonds. The van der Waals surface area contributed by atoms with Crippen molar-refractivity contribution in [2.75, 3.05) is 24.2 Å². The zero-order chi connectivity index (χ0) is 26.2. The minimum Gasteiger partial charge on any atom is -0.477 e. The topological polar surface area (TPSA) is 143 Å². The Bertz CT molecular complexity index is 1640. The average Bonchev–Trinajstić information content (AvgIpc) is 3.23. The Hall–Kier alpha value is -3.80. The Morgan fingerprint density at radius 3 is 2.39 bits per heavy atom. The molecule has 5 rings (SSSR count). The minimum absolute atomic E-state index is 0.0257. The van der Waals surface area contributed by atoms with Crippen LogP contribution in [0.4, 0.5) is 10.1 Å². The average molecular weight is 514 g/mol. The Morgan fingerprint density at radius 2 is 1.78 bits per heavy atom. The number of nitrogens with zero attached hydrogens (tertiary/aromatic N) is 2. The van der Waals surface area contributed by atoms with Crippen LogP contribution in [0.3, 0.4) is 0 Å². The molecule has 3 aromatic carbocycles. The van der Waals surface area contributed by atoms with E-state index >= 15 is 0 Å². The fourth-order valence-corrected chi connectivity index (χ4v) is 4.28. The van der Waals surface area contributed by atoms with Crippen molar-refractivity contribution in [1.82, 2.24) is 4.57 Å². The van der Waals surface area contributed by atoms with Crippen molar-refractivity contribution in [3.63, 3.8) is 0 Å². The number of carbonyl (C=O) groups is 1. The number of hydrogen-bond acceptors (Lipinski definition) is 6. The number of nitrogens with two attached hydrogens (primary N) is 1. The number of anilines is 1. The van der Waals surface area contributed by atoms with Crippen molar-refractivity contribution in [1.29, 1.82) is 0 Å². The van der Waals surface area contributed by atoms with Gasteiger partial charge >= 0.3 is 5.97 Å². The maximum absolute atomic E-state index is 15.0. The summed E-state index contributed by atoms with van der Waals surface area (Å²) in [6.07, 6.45) is 2.79. The molecule has 1 saturated heterocycles. The fraction of sp³-hybridized carbons (Fsp3) is 0.200. The van der Waals surface area contributed by atoms with E-state index in [0.29, 0.717) is 36.2 Å². The molecule has 0 spiro atoms. The van der Waals surface area contributed by atoms with Gasteiger partial charge in [0.2, 0.25) is 5.43 Å². The van der Waals surface area contributed by atoms with Gasteiger partial charge in [0.15, 0.2) is 0 Å². The predicted molar refractivity (Wildman–Crippen MR) is 136 cm³/mol. The van der Waals surface area contributed by atoms with Crippen molar-refractivity contribution in [2.45, 2.75) is 12.5 Å². The quantitative estimate of drug-likeness (QED) is 0.355. The van der Waals surface area contributed by atoms with Gasteiger partial charge in [-0.2, -0.15) is 8.42 Å². The van der Waals surface area contributed by atoms with Gasteiger partial charge in [0, 0.05) is 36.4 Å². The summed E-state index contributed by atoms with van der Waals surface area (Å²) in [7, 11) is -3.67. The highest BCUT2D eigenvalue weighted by molar-refractivity contribution is 7.85. The summed E-state index contributed by atoms with van der Waals surface area (Å²) in [5.74, 6) is -1.91. The largest absolute Gasteiger partial charge is 0.477 e. The second-order valence-corrected chi connectivity index (χ2v) is 10.1. The lowest BCUT2D eigenvalue weighted by Crippen LogP contribution is -2.27. The van der Waals surface area contributed by atoms with Crippen LogP contribution in [0.25, 0.3) is 27.4 Å². The Kier molecular flexibility index (Phi) is 6.81.